The molecule has 0 aliphatic carbocycles. The van der Waals surface area contributed by atoms with Crippen molar-refractivity contribution in [1.29, 1.82) is 0 Å². The number of fused-ring (bicyclic) bond motifs is 1. The largest absolute Gasteiger partial charge is 0.492 e. The van der Waals surface area contributed by atoms with E-state index in [1.807, 2.05) is 0 Å². The summed E-state index contributed by atoms with van der Waals surface area (Å²) in [5, 5.41) is 0. The lowest BCUT2D eigenvalue weighted by atomic mass is 10.00. The molecule has 0 spiro atoms. The van der Waals surface area contributed by atoms with Crippen LogP contribution in [0, 0.1) is 12.3 Å². The van der Waals surface area contributed by atoms with E-state index >= 15 is 0 Å². The van der Waals surface area contributed by atoms with E-state index in [0.29, 0.717) is 35.8 Å². The van der Waals surface area contributed by atoms with Crippen LogP contribution in [0.2, 0.25) is 0 Å². The van der Waals surface area contributed by atoms with E-state index in [1.165, 1.54) is 19.3 Å². The van der Waals surface area contributed by atoms with Gasteiger partial charge in [-0.3, -0.25) is 4.79 Å². The molecule has 0 radical (unpaired) electrons. The Hall–Kier alpha value is -3.72. The van der Waals surface area contributed by atoms with E-state index in [-0.39, 0.29) is 17.9 Å². The van der Waals surface area contributed by atoms with Crippen LogP contribution in [-0.2, 0) is 9.53 Å². The van der Waals surface area contributed by atoms with Crippen molar-refractivity contribution in [3.05, 3.63) is 59.2 Å². The molecule has 142 valence electrons. The summed E-state index contributed by atoms with van der Waals surface area (Å²) in [6.07, 6.45) is 7.14. The Morgan fingerprint density at radius 1 is 1.18 bits per heavy atom. The zero-order chi connectivity index (χ0) is 19.9. The Bertz CT molecular complexity index is 967. The minimum Gasteiger partial charge on any atom is -0.492 e. The van der Waals surface area contributed by atoms with Gasteiger partial charge >= 0.3 is 5.97 Å². The van der Waals surface area contributed by atoms with Gasteiger partial charge in [-0.15, -0.1) is 12.3 Å². The van der Waals surface area contributed by atoms with Gasteiger partial charge < -0.3 is 18.9 Å². The molecule has 2 aromatic carbocycles. The molecule has 28 heavy (non-hydrogen) atoms. The second-order valence-electron chi connectivity index (χ2n) is 5.79. The quantitative estimate of drug-likeness (QED) is 0.140. The van der Waals surface area contributed by atoms with E-state index in [4.69, 9.17) is 25.4 Å². The molecule has 3 rings (SSSR count). The van der Waals surface area contributed by atoms with E-state index in [1.54, 1.807) is 36.4 Å². The molecule has 1 aliphatic rings. The molecule has 0 atom stereocenters. The van der Waals surface area contributed by atoms with Crippen LogP contribution in [0.25, 0.3) is 6.08 Å². The summed E-state index contributed by atoms with van der Waals surface area (Å²) in [5.74, 6) is 2.76. The van der Waals surface area contributed by atoms with Crippen molar-refractivity contribution in [2.75, 3.05) is 20.5 Å². The standard InChI is InChI=1S/C22H18O6/c1-3-4-11-26-18-8-6-5-7-15(18)12-17(22(24)25-2)21(23)16-9-10-19-20(13-16)28-14-27-19/h1,5-10,12-13H,4,11,14H2,2H3/b17-12-. The van der Waals surface area contributed by atoms with Crippen molar-refractivity contribution in [2.45, 2.75) is 6.42 Å². The Kier molecular flexibility index (Phi) is 5.97. The number of methoxy groups -OCH3 is 1. The van der Waals surface area contributed by atoms with Gasteiger partial charge in [-0.05, 0) is 30.3 Å². The Morgan fingerprint density at radius 3 is 2.75 bits per heavy atom. The van der Waals surface area contributed by atoms with Crippen LogP contribution in [-0.4, -0.2) is 32.3 Å². The maximum atomic E-state index is 13.0. The fraction of sp³-hybridized carbons (Fsp3) is 0.182. The lowest BCUT2D eigenvalue weighted by molar-refractivity contribution is -0.135. The summed E-state index contributed by atoms with van der Waals surface area (Å²) in [4.78, 5) is 25.3. The average Bonchev–Trinajstić information content (AvgIpc) is 3.20. The average molecular weight is 378 g/mol. The maximum absolute atomic E-state index is 13.0. The summed E-state index contributed by atoms with van der Waals surface area (Å²) >= 11 is 0. The first-order valence-corrected chi connectivity index (χ1v) is 8.53. The summed E-state index contributed by atoms with van der Waals surface area (Å²) in [6.45, 7) is 0.417. The first-order chi connectivity index (χ1) is 13.6. The summed E-state index contributed by atoms with van der Waals surface area (Å²) < 4.78 is 21.0. The van der Waals surface area contributed by atoms with Gasteiger partial charge in [0.05, 0.1) is 13.7 Å². The number of carbonyl (C=O) groups is 2. The first-order valence-electron chi connectivity index (χ1n) is 8.53. The van der Waals surface area contributed by atoms with Crippen LogP contribution in [0.3, 0.4) is 0 Å². The number of hydrogen-bond donors (Lipinski definition) is 0. The third-order valence-corrected chi connectivity index (χ3v) is 4.01. The first kappa shape index (κ1) is 19.1. The third kappa shape index (κ3) is 4.15. The van der Waals surface area contributed by atoms with Gasteiger partial charge in [-0.2, -0.15) is 0 Å². The summed E-state index contributed by atoms with van der Waals surface area (Å²) in [5.41, 5.74) is 0.718. The van der Waals surface area contributed by atoms with Crippen molar-refractivity contribution in [2.24, 2.45) is 0 Å². The van der Waals surface area contributed by atoms with E-state index < -0.39 is 11.8 Å². The molecule has 2 aromatic rings. The molecule has 0 saturated heterocycles. The number of esters is 1. The number of benzene rings is 2. The molecule has 1 aliphatic heterocycles. The molecule has 0 amide bonds. The van der Waals surface area contributed by atoms with Crippen LogP contribution in [0.4, 0.5) is 0 Å². The minimum atomic E-state index is -0.749. The number of Topliss-reactive ketones (excluding diaryl/α,β-unsaturated/α-hetero) is 1. The molecule has 0 N–H and O–H groups in total. The minimum absolute atomic E-state index is 0.0923. The number of terminal acetylenes is 1. The van der Waals surface area contributed by atoms with Gasteiger partial charge in [0.25, 0.3) is 0 Å². The fourth-order valence-corrected chi connectivity index (χ4v) is 2.63. The molecule has 6 nitrogen and oxygen atoms in total. The van der Waals surface area contributed by atoms with E-state index in [0.717, 1.165) is 0 Å². The summed E-state index contributed by atoms with van der Waals surface area (Å²) in [7, 11) is 1.22. The van der Waals surface area contributed by atoms with Gasteiger partial charge in [0.15, 0.2) is 17.3 Å². The zero-order valence-electron chi connectivity index (χ0n) is 15.3. The van der Waals surface area contributed by atoms with Gasteiger partial charge in [-0.25, -0.2) is 4.79 Å². The number of hydrogen-bond acceptors (Lipinski definition) is 6. The highest BCUT2D eigenvalue weighted by molar-refractivity contribution is 6.27. The molecule has 0 bridgehead atoms. The molecule has 0 saturated carbocycles. The van der Waals surface area contributed by atoms with Crippen molar-refractivity contribution in [3.63, 3.8) is 0 Å². The van der Waals surface area contributed by atoms with Crippen LogP contribution in [0.1, 0.15) is 22.3 Å². The summed E-state index contributed by atoms with van der Waals surface area (Å²) in [6, 6.07) is 11.8. The highest BCUT2D eigenvalue weighted by Crippen LogP contribution is 2.33. The molecule has 0 fully saturated rings. The number of carbonyl (C=O) groups excluding carboxylic acids is 2. The SMILES string of the molecule is C#CCCOc1ccccc1/C=C(\C(=O)OC)C(=O)c1ccc2c(c1)OCO2. The number of rotatable bonds is 7. The fourth-order valence-electron chi connectivity index (χ4n) is 2.63. The zero-order valence-corrected chi connectivity index (χ0v) is 15.3. The van der Waals surface area contributed by atoms with Gasteiger partial charge in [-0.1, -0.05) is 18.2 Å². The Balaban J connectivity index is 1.96. The maximum Gasteiger partial charge on any atom is 0.341 e. The molecule has 0 aromatic heterocycles. The molecular formula is C22H18O6. The molecule has 0 unspecified atom stereocenters. The third-order valence-electron chi connectivity index (χ3n) is 4.01. The molecule has 1 heterocycles. The predicted molar refractivity (Wildman–Crippen MR) is 102 cm³/mol. The van der Waals surface area contributed by atoms with Crippen molar-refractivity contribution >= 4 is 17.8 Å². The van der Waals surface area contributed by atoms with E-state index in [9.17, 15) is 9.59 Å². The van der Waals surface area contributed by atoms with Gasteiger partial charge in [0, 0.05) is 17.5 Å². The van der Waals surface area contributed by atoms with Crippen LogP contribution >= 0.6 is 0 Å². The smallest absolute Gasteiger partial charge is 0.341 e. The van der Waals surface area contributed by atoms with Crippen LogP contribution in [0.5, 0.6) is 17.2 Å². The van der Waals surface area contributed by atoms with E-state index in [2.05, 4.69) is 5.92 Å². The molecular weight excluding hydrogens is 360 g/mol. The van der Waals surface area contributed by atoms with Crippen LogP contribution < -0.4 is 14.2 Å². The molecule has 6 heteroatoms. The highest BCUT2D eigenvalue weighted by atomic mass is 16.7. The van der Waals surface area contributed by atoms with Crippen molar-refractivity contribution in [3.8, 4) is 29.6 Å². The number of ketones is 1. The lowest BCUT2D eigenvalue weighted by Gasteiger charge is -2.10. The monoisotopic (exact) mass is 378 g/mol. The highest BCUT2D eigenvalue weighted by Gasteiger charge is 2.24. The van der Waals surface area contributed by atoms with Gasteiger partial charge in [0.1, 0.15) is 11.3 Å². The second-order valence-corrected chi connectivity index (χ2v) is 5.79. The van der Waals surface area contributed by atoms with Crippen LogP contribution in [0.15, 0.2) is 48.0 Å². The topological polar surface area (TPSA) is 71.1 Å². The van der Waals surface area contributed by atoms with Crippen molar-refractivity contribution in [1.82, 2.24) is 0 Å². The normalized spacial score (nSPS) is 12.2. The number of ether oxygens (including phenoxy) is 4. The predicted octanol–water partition coefficient (Wildman–Crippen LogP) is 3.26. The number of para-hydroxylation sites is 1. The van der Waals surface area contributed by atoms with Crippen molar-refractivity contribution < 1.29 is 28.5 Å². The Labute approximate surface area is 162 Å². The Morgan fingerprint density at radius 2 is 1.96 bits per heavy atom. The lowest BCUT2D eigenvalue weighted by Crippen LogP contribution is -2.15. The van der Waals surface area contributed by atoms with Gasteiger partial charge in [0.2, 0.25) is 6.79 Å². The second kappa shape index (κ2) is 8.78.